The van der Waals surface area contributed by atoms with Crippen LogP contribution >= 0.6 is 0 Å². The maximum Gasteiger partial charge on any atom is 0.115 e. The van der Waals surface area contributed by atoms with Crippen LogP contribution in [0.4, 0.5) is 0 Å². The predicted molar refractivity (Wildman–Crippen MR) is 60.1 cm³/mol. The Labute approximate surface area is 76.4 Å². The molecule has 12 heavy (non-hydrogen) atoms. The highest BCUT2D eigenvalue weighted by Crippen LogP contribution is 1.64. The zero-order valence-electron chi connectivity index (χ0n) is 8.62. The Morgan fingerprint density at radius 2 is 1.42 bits per heavy atom. The molecule has 0 bridgehead atoms. The first-order valence-electron chi connectivity index (χ1n) is 4.18. The molecule has 0 aromatic carbocycles. The van der Waals surface area contributed by atoms with Crippen LogP contribution in [0.5, 0.6) is 0 Å². The van der Waals surface area contributed by atoms with Crippen LogP contribution in [0.25, 0.3) is 0 Å². The van der Waals surface area contributed by atoms with E-state index in [1.807, 2.05) is 27.7 Å². The van der Waals surface area contributed by atoms with Crippen molar-refractivity contribution in [1.29, 1.82) is 0 Å². The SMILES string of the molecule is C=CC=NC=NC=C.CC.CC. The molecule has 0 aromatic rings. The van der Waals surface area contributed by atoms with Gasteiger partial charge in [0, 0.05) is 12.4 Å². The summed E-state index contributed by atoms with van der Waals surface area (Å²) in [4.78, 5) is 7.28. The van der Waals surface area contributed by atoms with E-state index in [1.165, 1.54) is 12.5 Å². The third kappa shape index (κ3) is 37.0. The molecule has 0 rings (SSSR count). The first kappa shape index (κ1) is 17.1. The average molecular weight is 168 g/mol. The minimum atomic E-state index is 1.40. The zero-order chi connectivity index (χ0) is 10.2. The van der Waals surface area contributed by atoms with Gasteiger partial charge in [0.25, 0.3) is 0 Å². The first-order chi connectivity index (χ1) is 5.91. The summed E-state index contributed by atoms with van der Waals surface area (Å²) < 4.78 is 0. The van der Waals surface area contributed by atoms with Crippen molar-refractivity contribution in [2.24, 2.45) is 9.98 Å². The number of aliphatic imine (C=N–C) groups is 2. The third-order valence-corrected chi connectivity index (χ3v) is 0.430. The number of nitrogens with zero attached hydrogens (tertiary/aromatic N) is 2. The molecule has 0 atom stereocenters. The van der Waals surface area contributed by atoms with Crippen molar-refractivity contribution in [3.8, 4) is 0 Å². The standard InChI is InChI=1S/C6H8N2.2C2H6/c1-3-5-8-6-7-4-2;2*1-2/h3-6H,1-2H2;2*1-2H3. The average Bonchev–Trinajstić information content (AvgIpc) is 2.19. The van der Waals surface area contributed by atoms with Crippen LogP contribution in [-0.4, -0.2) is 12.6 Å². The Morgan fingerprint density at radius 1 is 0.917 bits per heavy atom. The van der Waals surface area contributed by atoms with E-state index in [1.54, 1.807) is 12.3 Å². The van der Waals surface area contributed by atoms with Gasteiger partial charge in [0.1, 0.15) is 6.34 Å². The van der Waals surface area contributed by atoms with Gasteiger partial charge in [-0.1, -0.05) is 46.9 Å². The van der Waals surface area contributed by atoms with E-state index >= 15 is 0 Å². The van der Waals surface area contributed by atoms with Crippen LogP contribution in [0.15, 0.2) is 35.4 Å². The van der Waals surface area contributed by atoms with Gasteiger partial charge in [-0.2, -0.15) is 0 Å². The smallest absolute Gasteiger partial charge is 0.115 e. The van der Waals surface area contributed by atoms with E-state index in [2.05, 4.69) is 23.1 Å². The van der Waals surface area contributed by atoms with Crippen molar-refractivity contribution in [3.63, 3.8) is 0 Å². The number of rotatable bonds is 3. The van der Waals surface area contributed by atoms with Gasteiger partial charge in [-0.25, -0.2) is 9.98 Å². The topological polar surface area (TPSA) is 24.7 Å². The Hall–Kier alpha value is -1.18. The van der Waals surface area contributed by atoms with Gasteiger partial charge in [-0.15, -0.1) is 0 Å². The number of hydrogen-bond donors (Lipinski definition) is 0. The Balaban J connectivity index is -0.000000175. The van der Waals surface area contributed by atoms with Crippen molar-refractivity contribution in [2.75, 3.05) is 0 Å². The second-order valence-corrected chi connectivity index (χ2v) is 0.981. The Bertz CT molecular complexity index is 108. The lowest BCUT2D eigenvalue weighted by Crippen LogP contribution is -1.63. The van der Waals surface area contributed by atoms with Crippen molar-refractivity contribution in [3.05, 3.63) is 25.4 Å². The van der Waals surface area contributed by atoms with E-state index in [0.717, 1.165) is 0 Å². The molecule has 0 fully saturated rings. The van der Waals surface area contributed by atoms with Crippen molar-refractivity contribution in [2.45, 2.75) is 27.7 Å². The number of hydrogen-bond acceptors (Lipinski definition) is 1. The maximum absolute atomic E-state index is 3.67. The van der Waals surface area contributed by atoms with Crippen molar-refractivity contribution in [1.82, 2.24) is 0 Å². The molecule has 0 N–H and O–H groups in total. The fourth-order valence-corrected chi connectivity index (χ4v) is 0.185. The summed E-state index contributed by atoms with van der Waals surface area (Å²) in [6.07, 6.45) is 5.94. The Morgan fingerprint density at radius 3 is 1.75 bits per heavy atom. The van der Waals surface area contributed by atoms with Gasteiger partial charge in [-0.3, -0.25) is 0 Å². The van der Waals surface area contributed by atoms with E-state index < -0.39 is 0 Å². The lowest BCUT2D eigenvalue weighted by molar-refractivity contribution is 1.50. The molecule has 0 aliphatic rings. The van der Waals surface area contributed by atoms with E-state index in [-0.39, 0.29) is 0 Å². The molecule has 70 valence electrons. The second kappa shape index (κ2) is 32.9. The molecule has 0 radical (unpaired) electrons. The molecule has 0 aliphatic carbocycles. The fraction of sp³-hybridized carbons (Fsp3) is 0.400. The van der Waals surface area contributed by atoms with Gasteiger partial charge in [0.05, 0.1) is 0 Å². The summed E-state index contributed by atoms with van der Waals surface area (Å²) in [6.45, 7) is 14.8. The minimum absolute atomic E-state index is 1.40. The summed E-state index contributed by atoms with van der Waals surface area (Å²) in [5.74, 6) is 0. The summed E-state index contributed by atoms with van der Waals surface area (Å²) >= 11 is 0. The normalized spacial score (nSPS) is 8.00. The van der Waals surface area contributed by atoms with E-state index in [9.17, 15) is 0 Å². The maximum atomic E-state index is 3.67. The highest BCUT2D eigenvalue weighted by atomic mass is 14.8. The van der Waals surface area contributed by atoms with Gasteiger partial charge in [0.2, 0.25) is 0 Å². The van der Waals surface area contributed by atoms with E-state index in [4.69, 9.17) is 0 Å². The van der Waals surface area contributed by atoms with Crippen LogP contribution in [0.1, 0.15) is 27.7 Å². The van der Waals surface area contributed by atoms with Crippen LogP contribution < -0.4 is 0 Å². The van der Waals surface area contributed by atoms with Crippen LogP contribution in [-0.2, 0) is 0 Å². The molecule has 0 aliphatic heterocycles. The minimum Gasteiger partial charge on any atom is -0.246 e. The molecule has 0 saturated carbocycles. The molecule has 0 unspecified atom stereocenters. The largest absolute Gasteiger partial charge is 0.246 e. The Kier molecular flexibility index (Phi) is 46.8. The van der Waals surface area contributed by atoms with Crippen LogP contribution in [0.2, 0.25) is 0 Å². The van der Waals surface area contributed by atoms with Crippen molar-refractivity contribution < 1.29 is 0 Å². The highest BCUT2D eigenvalue weighted by molar-refractivity contribution is 5.79. The third-order valence-electron chi connectivity index (χ3n) is 0.430. The lowest BCUT2D eigenvalue weighted by atomic mass is 10.7. The molecule has 0 saturated heterocycles. The van der Waals surface area contributed by atoms with Gasteiger partial charge < -0.3 is 0 Å². The first-order valence-corrected chi connectivity index (χ1v) is 4.18. The molecule has 0 aromatic heterocycles. The fourth-order valence-electron chi connectivity index (χ4n) is 0.185. The molecule has 0 spiro atoms. The van der Waals surface area contributed by atoms with E-state index in [0.29, 0.717) is 0 Å². The lowest BCUT2D eigenvalue weighted by Gasteiger charge is -1.68. The molecular formula is C10H20N2. The number of allylic oxidation sites excluding steroid dienone is 1. The quantitative estimate of drug-likeness (QED) is 0.455. The second-order valence-electron chi connectivity index (χ2n) is 0.981. The van der Waals surface area contributed by atoms with Gasteiger partial charge >= 0.3 is 0 Å². The summed E-state index contributed by atoms with van der Waals surface area (Å²) in [5, 5.41) is 0. The molecule has 2 nitrogen and oxygen atoms in total. The van der Waals surface area contributed by atoms with Gasteiger partial charge in [0.15, 0.2) is 0 Å². The van der Waals surface area contributed by atoms with Crippen LogP contribution in [0, 0.1) is 0 Å². The van der Waals surface area contributed by atoms with Gasteiger partial charge in [-0.05, 0) is 0 Å². The molecular weight excluding hydrogens is 148 g/mol. The highest BCUT2D eigenvalue weighted by Gasteiger charge is 1.54. The molecule has 2 heteroatoms. The predicted octanol–water partition coefficient (Wildman–Crippen LogP) is 3.47. The summed E-state index contributed by atoms with van der Waals surface area (Å²) in [6, 6.07) is 0. The summed E-state index contributed by atoms with van der Waals surface area (Å²) in [7, 11) is 0. The molecule has 0 amide bonds. The van der Waals surface area contributed by atoms with Crippen LogP contribution in [0.3, 0.4) is 0 Å². The van der Waals surface area contributed by atoms with Crippen molar-refractivity contribution >= 4 is 12.6 Å². The molecule has 0 heterocycles. The monoisotopic (exact) mass is 168 g/mol. The zero-order valence-corrected chi connectivity index (χ0v) is 8.62. The summed E-state index contributed by atoms with van der Waals surface area (Å²) in [5.41, 5.74) is 0.